The van der Waals surface area contributed by atoms with Gasteiger partial charge in [0.05, 0.1) is 0 Å². The molecule has 3 rings (SSSR count). The molecule has 0 radical (unpaired) electrons. The van der Waals surface area contributed by atoms with Gasteiger partial charge in [0.1, 0.15) is 6.10 Å². The Bertz CT molecular complexity index is 494. The molecule has 5 heteroatoms. The molecule has 92 valence electrons. The SMILES string of the molecule is c1cncc(-c2cnc(OC3CCNC3)nc2)c1. The molecule has 0 spiro atoms. The molecule has 0 amide bonds. The number of aromatic nitrogens is 3. The Kier molecular flexibility index (Phi) is 3.14. The highest BCUT2D eigenvalue weighted by Gasteiger charge is 2.16. The molecule has 18 heavy (non-hydrogen) atoms. The lowest BCUT2D eigenvalue weighted by Crippen LogP contribution is -2.20. The molecular formula is C13H14N4O. The van der Waals surface area contributed by atoms with E-state index in [0.717, 1.165) is 30.6 Å². The van der Waals surface area contributed by atoms with Crippen molar-refractivity contribution in [2.24, 2.45) is 0 Å². The van der Waals surface area contributed by atoms with Gasteiger partial charge in [0.15, 0.2) is 0 Å². The summed E-state index contributed by atoms with van der Waals surface area (Å²) in [5, 5.41) is 3.24. The van der Waals surface area contributed by atoms with Gasteiger partial charge in [-0.15, -0.1) is 0 Å². The Balaban J connectivity index is 1.72. The fraction of sp³-hybridized carbons (Fsp3) is 0.308. The zero-order chi connectivity index (χ0) is 12.2. The highest BCUT2D eigenvalue weighted by atomic mass is 16.5. The maximum Gasteiger partial charge on any atom is 0.316 e. The van der Waals surface area contributed by atoms with Crippen LogP contribution in [0, 0.1) is 0 Å². The molecule has 1 fully saturated rings. The summed E-state index contributed by atoms with van der Waals surface area (Å²) in [6.45, 7) is 1.87. The quantitative estimate of drug-likeness (QED) is 0.878. The number of nitrogens with zero attached hydrogens (tertiary/aromatic N) is 3. The molecule has 1 aliphatic rings. The first-order valence-corrected chi connectivity index (χ1v) is 6.01. The van der Waals surface area contributed by atoms with E-state index in [1.807, 2.05) is 12.1 Å². The number of rotatable bonds is 3. The van der Waals surface area contributed by atoms with Crippen molar-refractivity contribution < 1.29 is 4.74 Å². The second-order valence-corrected chi connectivity index (χ2v) is 4.23. The van der Waals surface area contributed by atoms with Crippen molar-refractivity contribution in [1.82, 2.24) is 20.3 Å². The molecule has 0 aromatic carbocycles. The number of nitrogens with one attached hydrogen (secondary N) is 1. The van der Waals surface area contributed by atoms with Crippen molar-refractivity contribution >= 4 is 0 Å². The van der Waals surface area contributed by atoms with Crippen LogP contribution in [0.1, 0.15) is 6.42 Å². The Morgan fingerprint density at radius 1 is 1.17 bits per heavy atom. The molecule has 1 aliphatic heterocycles. The van der Waals surface area contributed by atoms with Crippen LogP contribution in [0.4, 0.5) is 0 Å². The van der Waals surface area contributed by atoms with Crippen LogP contribution in [0.15, 0.2) is 36.9 Å². The first-order chi connectivity index (χ1) is 8.92. The van der Waals surface area contributed by atoms with Gasteiger partial charge >= 0.3 is 6.01 Å². The summed E-state index contributed by atoms with van der Waals surface area (Å²) < 4.78 is 5.67. The van der Waals surface area contributed by atoms with E-state index in [9.17, 15) is 0 Å². The minimum Gasteiger partial charge on any atom is -0.459 e. The van der Waals surface area contributed by atoms with Crippen LogP contribution in [0.2, 0.25) is 0 Å². The minimum atomic E-state index is 0.189. The van der Waals surface area contributed by atoms with Crippen molar-refractivity contribution in [3.05, 3.63) is 36.9 Å². The van der Waals surface area contributed by atoms with Gasteiger partial charge in [-0.25, -0.2) is 9.97 Å². The molecule has 0 saturated carbocycles. The Hall–Kier alpha value is -2.01. The minimum absolute atomic E-state index is 0.189. The van der Waals surface area contributed by atoms with Crippen molar-refractivity contribution in [2.75, 3.05) is 13.1 Å². The summed E-state index contributed by atoms with van der Waals surface area (Å²) in [6.07, 6.45) is 8.26. The van der Waals surface area contributed by atoms with Crippen LogP contribution in [0.5, 0.6) is 6.01 Å². The zero-order valence-corrected chi connectivity index (χ0v) is 9.91. The molecule has 2 aromatic heterocycles. The highest BCUT2D eigenvalue weighted by Crippen LogP contribution is 2.17. The molecule has 0 aliphatic carbocycles. The first-order valence-electron chi connectivity index (χ1n) is 6.01. The fourth-order valence-corrected chi connectivity index (χ4v) is 1.94. The maximum absolute atomic E-state index is 5.67. The Labute approximate surface area is 105 Å². The van der Waals surface area contributed by atoms with Crippen LogP contribution in [-0.4, -0.2) is 34.1 Å². The largest absolute Gasteiger partial charge is 0.459 e. The third-order valence-corrected chi connectivity index (χ3v) is 2.91. The first kappa shape index (κ1) is 11.1. The molecule has 0 bridgehead atoms. The molecular weight excluding hydrogens is 228 g/mol. The maximum atomic E-state index is 5.67. The van der Waals surface area contributed by atoms with Gasteiger partial charge in [-0.3, -0.25) is 4.98 Å². The zero-order valence-electron chi connectivity index (χ0n) is 9.91. The molecule has 1 atom stereocenters. The van der Waals surface area contributed by atoms with Crippen LogP contribution in [0.3, 0.4) is 0 Å². The van der Waals surface area contributed by atoms with Gasteiger partial charge in [-0.2, -0.15) is 0 Å². The summed E-state index contributed by atoms with van der Waals surface area (Å²) in [6, 6.07) is 4.31. The number of hydrogen-bond acceptors (Lipinski definition) is 5. The van der Waals surface area contributed by atoms with Gasteiger partial charge in [-0.05, 0) is 19.0 Å². The van der Waals surface area contributed by atoms with Crippen LogP contribution in [0.25, 0.3) is 11.1 Å². The van der Waals surface area contributed by atoms with E-state index >= 15 is 0 Å². The summed E-state index contributed by atoms with van der Waals surface area (Å²) in [7, 11) is 0. The van der Waals surface area contributed by atoms with Crippen LogP contribution >= 0.6 is 0 Å². The average Bonchev–Trinajstić information content (AvgIpc) is 2.94. The topological polar surface area (TPSA) is 59.9 Å². The summed E-state index contributed by atoms with van der Waals surface area (Å²) in [4.78, 5) is 12.5. The van der Waals surface area contributed by atoms with Crippen LogP contribution < -0.4 is 10.1 Å². The van der Waals surface area contributed by atoms with Crippen molar-refractivity contribution in [3.63, 3.8) is 0 Å². The van der Waals surface area contributed by atoms with E-state index in [2.05, 4.69) is 20.3 Å². The predicted octanol–water partition coefficient (Wildman–Crippen LogP) is 1.28. The average molecular weight is 242 g/mol. The third kappa shape index (κ3) is 2.46. The molecule has 1 N–H and O–H groups in total. The number of pyridine rings is 1. The van der Waals surface area contributed by atoms with Crippen molar-refractivity contribution in [3.8, 4) is 17.1 Å². The molecule has 1 saturated heterocycles. The number of ether oxygens (including phenoxy) is 1. The second kappa shape index (κ2) is 5.10. The fourth-order valence-electron chi connectivity index (χ4n) is 1.94. The van der Waals surface area contributed by atoms with Crippen LogP contribution in [-0.2, 0) is 0 Å². The number of hydrogen-bond donors (Lipinski definition) is 1. The predicted molar refractivity (Wildman–Crippen MR) is 67.2 cm³/mol. The molecule has 5 nitrogen and oxygen atoms in total. The van der Waals surface area contributed by atoms with Crippen molar-refractivity contribution in [1.29, 1.82) is 0 Å². The molecule has 1 unspecified atom stereocenters. The summed E-state index contributed by atoms with van der Waals surface area (Å²) in [5.74, 6) is 0. The normalized spacial score (nSPS) is 18.8. The standard InChI is InChI=1S/C13H14N4O/c1-2-10(6-14-4-1)11-7-16-13(17-8-11)18-12-3-5-15-9-12/h1-2,4,6-8,12,15H,3,5,9H2. The lowest BCUT2D eigenvalue weighted by Gasteiger charge is -2.10. The van der Waals surface area contributed by atoms with E-state index in [1.165, 1.54) is 0 Å². The van der Waals surface area contributed by atoms with E-state index in [-0.39, 0.29) is 6.10 Å². The highest BCUT2D eigenvalue weighted by molar-refractivity contribution is 5.59. The third-order valence-electron chi connectivity index (χ3n) is 2.91. The Morgan fingerprint density at radius 2 is 2.06 bits per heavy atom. The van der Waals surface area contributed by atoms with Gasteiger partial charge in [0, 0.05) is 42.5 Å². The summed E-state index contributed by atoms with van der Waals surface area (Å²) >= 11 is 0. The van der Waals surface area contributed by atoms with E-state index in [4.69, 9.17) is 4.74 Å². The lowest BCUT2D eigenvalue weighted by atomic mass is 10.2. The second-order valence-electron chi connectivity index (χ2n) is 4.23. The smallest absolute Gasteiger partial charge is 0.316 e. The lowest BCUT2D eigenvalue weighted by molar-refractivity contribution is 0.204. The Morgan fingerprint density at radius 3 is 2.72 bits per heavy atom. The summed E-state index contributed by atoms with van der Waals surface area (Å²) in [5.41, 5.74) is 1.95. The molecule has 3 heterocycles. The van der Waals surface area contributed by atoms with Crippen molar-refractivity contribution in [2.45, 2.75) is 12.5 Å². The van der Waals surface area contributed by atoms with Gasteiger partial charge in [0.2, 0.25) is 0 Å². The monoisotopic (exact) mass is 242 g/mol. The van der Waals surface area contributed by atoms with E-state index < -0.39 is 0 Å². The van der Waals surface area contributed by atoms with Gasteiger partial charge < -0.3 is 10.1 Å². The van der Waals surface area contributed by atoms with E-state index in [0.29, 0.717) is 6.01 Å². The van der Waals surface area contributed by atoms with Gasteiger partial charge in [0.25, 0.3) is 0 Å². The molecule has 2 aromatic rings. The van der Waals surface area contributed by atoms with E-state index in [1.54, 1.807) is 24.8 Å². The van der Waals surface area contributed by atoms with Gasteiger partial charge in [-0.1, -0.05) is 6.07 Å².